The fourth-order valence-electron chi connectivity index (χ4n) is 2.27. The Hall–Kier alpha value is -2.94. The van der Waals surface area contributed by atoms with Gasteiger partial charge in [0.15, 0.2) is 5.69 Å². The van der Waals surface area contributed by atoms with Crippen molar-refractivity contribution in [2.24, 2.45) is 10.2 Å². The molecule has 1 heterocycles. The molecule has 1 aromatic carbocycles. The van der Waals surface area contributed by atoms with Gasteiger partial charge in [-0.15, -0.1) is 5.11 Å². The monoisotopic (exact) mass is 310 g/mol. The summed E-state index contributed by atoms with van der Waals surface area (Å²) in [5, 5.41) is 27.5. The number of nitrogens with zero attached hydrogens (tertiary/aromatic N) is 4. The zero-order valence-electron chi connectivity index (χ0n) is 13.4. The number of nitriles is 1. The second kappa shape index (κ2) is 6.88. The average Bonchev–Trinajstić information content (AvgIpc) is 2.53. The summed E-state index contributed by atoms with van der Waals surface area (Å²) in [5.74, 6) is -0.313. The molecule has 6 nitrogen and oxygen atoms in total. The molecule has 2 rings (SSSR count). The number of benzene rings is 1. The molecule has 0 aliphatic rings. The first-order valence-electron chi connectivity index (χ1n) is 7.35. The van der Waals surface area contributed by atoms with Gasteiger partial charge >= 0.3 is 0 Å². The van der Waals surface area contributed by atoms with Gasteiger partial charge in [-0.1, -0.05) is 25.1 Å². The molecule has 0 saturated carbocycles. The minimum absolute atomic E-state index is 0.0526. The second-order valence-electron chi connectivity index (χ2n) is 5.23. The smallest absolute Gasteiger partial charge is 0.281 e. The molecule has 0 saturated heterocycles. The third-order valence-electron chi connectivity index (χ3n) is 3.59. The molecule has 2 aromatic rings. The lowest BCUT2D eigenvalue weighted by Crippen LogP contribution is -2.21. The molecule has 1 aromatic heterocycles. The number of aromatic nitrogens is 1. The lowest BCUT2D eigenvalue weighted by Gasteiger charge is -2.11. The summed E-state index contributed by atoms with van der Waals surface area (Å²) in [7, 11) is 0. The molecular formula is C17H18N4O2. The maximum atomic E-state index is 12.5. The molecule has 0 radical (unpaired) electrons. The van der Waals surface area contributed by atoms with Crippen molar-refractivity contribution < 1.29 is 5.11 Å². The quantitative estimate of drug-likeness (QED) is 0.869. The molecule has 0 aliphatic carbocycles. The van der Waals surface area contributed by atoms with Crippen LogP contribution in [0.3, 0.4) is 0 Å². The van der Waals surface area contributed by atoms with Crippen molar-refractivity contribution in [2.75, 3.05) is 0 Å². The zero-order valence-corrected chi connectivity index (χ0v) is 13.4. The minimum atomic E-state index is -0.446. The van der Waals surface area contributed by atoms with Crippen molar-refractivity contribution in [1.82, 2.24) is 4.57 Å². The molecule has 0 unspecified atom stereocenters. The normalized spacial score (nSPS) is 10.9. The van der Waals surface area contributed by atoms with Gasteiger partial charge in [0, 0.05) is 12.1 Å². The van der Waals surface area contributed by atoms with Crippen LogP contribution in [0.15, 0.2) is 39.3 Å². The predicted octanol–water partition coefficient (Wildman–Crippen LogP) is 3.87. The van der Waals surface area contributed by atoms with Gasteiger partial charge in [0.2, 0.25) is 5.88 Å². The molecule has 0 bridgehead atoms. The van der Waals surface area contributed by atoms with Crippen LogP contribution in [0, 0.1) is 25.2 Å². The third-order valence-corrected chi connectivity index (χ3v) is 3.59. The van der Waals surface area contributed by atoms with Gasteiger partial charge < -0.3 is 5.11 Å². The van der Waals surface area contributed by atoms with Gasteiger partial charge in [0.05, 0.1) is 5.69 Å². The molecule has 6 heteroatoms. The van der Waals surface area contributed by atoms with Gasteiger partial charge in [-0.25, -0.2) is 0 Å². The molecular weight excluding hydrogens is 292 g/mol. The molecule has 1 N–H and O–H groups in total. The summed E-state index contributed by atoms with van der Waals surface area (Å²) in [5.41, 5.74) is 1.60. The molecule has 0 amide bonds. The van der Waals surface area contributed by atoms with E-state index < -0.39 is 5.56 Å². The van der Waals surface area contributed by atoms with Crippen LogP contribution < -0.4 is 5.56 Å². The topological polar surface area (TPSA) is 90.7 Å². The minimum Gasteiger partial charge on any atom is -0.493 e. The van der Waals surface area contributed by atoms with E-state index in [2.05, 4.69) is 10.2 Å². The van der Waals surface area contributed by atoms with Gasteiger partial charge in [-0.05, 0) is 31.9 Å². The SMILES string of the molecule is CCCn1c(O)c(C#N)c(C)c(N=Nc2ccccc2C)c1=O. The van der Waals surface area contributed by atoms with E-state index in [1.54, 1.807) is 13.0 Å². The van der Waals surface area contributed by atoms with E-state index in [0.29, 0.717) is 24.2 Å². The van der Waals surface area contributed by atoms with E-state index in [1.807, 2.05) is 38.1 Å². The number of aromatic hydroxyl groups is 1. The Morgan fingerprint density at radius 3 is 2.57 bits per heavy atom. The first kappa shape index (κ1) is 16.4. The molecule has 0 aliphatic heterocycles. The van der Waals surface area contributed by atoms with Gasteiger partial charge in [0.25, 0.3) is 5.56 Å². The summed E-state index contributed by atoms with van der Waals surface area (Å²) in [4.78, 5) is 12.5. The van der Waals surface area contributed by atoms with Crippen molar-refractivity contribution in [3.63, 3.8) is 0 Å². The zero-order chi connectivity index (χ0) is 17.0. The van der Waals surface area contributed by atoms with Crippen LogP contribution in [0.2, 0.25) is 0 Å². The molecule has 0 spiro atoms. The fourth-order valence-corrected chi connectivity index (χ4v) is 2.27. The van der Waals surface area contributed by atoms with E-state index in [-0.39, 0.29) is 17.1 Å². The fraction of sp³-hybridized carbons (Fsp3) is 0.294. The van der Waals surface area contributed by atoms with Crippen LogP contribution in [0.1, 0.15) is 30.0 Å². The highest BCUT2D eigenvalue weighted by Gasteiger charge is 2.18. The Labute approximate surface area is 134 Å². The Balaban J connectivity index is 2.63. The van der Waals surface area contributed by atoms with E-state index >= 15 is 0 Å². The number of azo groups is 1. The van der Waals surface area contributed by atoms with E-state index in [4.69, 9.17) is 0 Å². The van der Waals surface area contributed by atoms with Crippen LogP contribution in [-0.4, -0.2) is 9.67 Å². The summed E-state index contributed by atoms with van der Waals surface area (Å²) in [6.07, 6.45) is 0.649. The lowest BCUT2D eigenvalue weighted by atomic mass is 10.1. The summed E-state index contributed by atoms with van der Waals surface area (Å²) >= 11 is 0. The molecule has 23 heavy (non-hydrogen) atoms. The second-order valence-corrected chi connectivity index (χ2v) is 5.23. The average molecular weight is 310 g/mol. The first-order valence-corrected chi connectivity index (χ1v) is 7.35. The number of rotatable bonds is 4. The van der Waals surface area contributed by atoms with E-state index in [0.717, 1.165) is 10.1 Å². The van der Waals surface area contributed by atoms with Crippen molar-refractivity contribution in [3.8, 4) is 11.9 Å². The van der Waals surface area contributed by atoms with Crippen LogP contribution in [-0.2, 0) is 6.54 Å². The maximum absolute atomic E-state index is 12.5. The van der Waals surface area contributed by atoms with Gasteiger partial charge in [0.1, 0.15) is 11.6 Å². The van der Waals surface area contributed by atoms with Crippen LogP contribution >= 0.6 is 0 Å². The number of pyridine rings is 1. The highest BCUT2D eigenvalue weighted by molar-refractivity contribution is 5.57. The first-order chi connectivity index (χ1) is 11.0. The molecule has 118 valence electrons. The number of hydrogen-bond acceptors (Lipinski definition) is 5. The third kappa shape index (κ3) is 3.14. The molecule has 0 atom stereocenters. The van der Waals surface area contributed by atoms with Crippen molar-refractivity contribution in [3.05, 3.63) is 51.3 Å². The van der Waals surface area contributed by atoms with E-state index in [1.165, 1.54) is 0 Å². The summed E-state index contributed by atoms with van der Waals surface area (Å²) in [6, 6.07) is 9.35. The Bertz CT molecular complexity index is 860. The highest BCUT2D eigenvalue weighted by Crippen LogP contribution is 2.27. The predicted molar refractivity (Wildman–Crippen MR) is 87.5 cm³/mol. The van der Waals surface area contributed by atoms with Crippen LogP contribution in [0.4, 0.5) is 11.4 Å². The highest BCUT2D eigenvalue weighted by atomic mass is 16.3. The Morgan fingerprint density at radius 1 is 1.26 bits per heavy atom. The van der Waals surface area contributed by atoms with Gasteiger partial charge in [-0.2, -0.15) is 10.4 Å². The van der Waals surface area contributed by atoms with Crippen molar-refractivity contribution in [1.29, 1.82) is 5.26 Å². The summed E-state index contributed by atoms with van der Waals surface area (Å²) < 4.78 is 1.16. The van der Waals surface area contributed by atoms with Gasteiger partial charge in [-0.3, -0.25) is 9.36 Å². The van der Waals surface area contributed by atoms with E-state index in [9.17, 15) is 15.2 Å². The summed E-state index contributed by atoms with van der Waals surface area (Å²) in [6.45, 7) is 5.68. The maximum Gasteiger partial charge on any atom is 0.281 e. The lowest BCUT2D eigenvalue weighted by molar-refractivity contribution is 0.402. The van der Waals surface area contributed by atoms with Crippen LogP contribution in [0.25, 0.3) is 0 Å². The van der Waals surface area contributed by atoms with Crippen molar-refractivity contribution >= 4 is 11.4 Å². The standard InChI is InChI=1S/C17H18N4O2/c1-4-9-21-16(22)13(10-18)12(3)15(17(21)23)20-19-14-8-6-5-7-11(14)2/h5-8,22H,4,9H2,1-3H3. The Morgan fingerprint density at radius 2 is 1.96 bits per heavy atom. The van der Waals surface area contributed by atoms with Crippen molar-refractivity contribution in [2.45, 2.75) is 33.7 Å². The molecule has 0 fully saturated rings. The largest absolute Gasteiger partial charge is 0.493 e. The Kier molecular flexibility index (Phi) is 4.91. The number of aryl methyl sites for hydroxylation is 1. The number of hydrogen-bond donors (Lipinski definition) is 1. The van der Waals surface area contributed by atoms with Crippen LogP contribution in [0.5, 0.6) is 5.88 Å².